The fraction of sp³-hybridized carbons (Fsp3) is 0.125. The first-order valence-corrected chi connectivity index (χ1v) is 4.48. The standard InChI is InChI=1S/C8H9N5S/c9-7-11-6(12-8(14)13-7)5-3-1-2-4-10-5/h1-4,6H,(H4,9,11,12,13,14)/t6-/m0/s1. The van der Waals surface area contributed by atoms with Gasteiger partial charge in [0.1, 0.15) is 0 Å². The van der Waals surface area contributed by atoms with Crippen LogP contribution in [-0.2, 0) is 0 Å². The second kappa shape index (κ2) is 3.59. The van der Waals surface area contributed by atoms with Crippen LogP contribution in [0.25, 0.3) is 0 Å². The van der Waals surface area contributed by atoms with Crippen molar-refractivity contribution in [1.82, 2.24) is 15.6 Å². The van der Waals surface area contributed by atoms with Crippen LogP contribution in [-0.4, -0.2) is 16.1 Å². The topological polar surface area (TPSA) is 75.3 Å². The lowest BCUT2D eigenvalue weighted by atomic mass is 10.3. The van der Waals surface area contributed by atoms with Gasteiger partial charge in [0, 0.05) is 6.20 Å². The number of nitrogens with one attached hydrogen (secondary N) is 2. The molecule has 1 aliphatic rings. The SMILES string of the molecule is NC1=N[C@H](c2ccccn2)NC(=S)N1. The van der Waals surface area contributed by atoms with E-state index in [9.17, 15) is 0 Å². The molecule has 0 bridgehead atoms. The van der Waals surface area contributed by atoms with E-state index in [1.54, 1.807) is 6.20 Å². The van der Waals surface area contributed by atoms with Crippen molar-refractivity contribution in [3.63, 3.8) is 0 Å². The van der Waals surface area contributed by atoms with E-state index in [4.69, 9.17) is 18.0 Å². The lowest BCUT2D eigenvalue weighted by Crippen LogP contribution is -2.49. The molecule has 1 aromatic heterocycles. The summed E-state index contributed by atoms with van der Waals surface area (Å²) in [4.78, 5) is 8.28. The first kappa shape index (κ1) is 8.89. The van der Waals surface area contributed by atoms with Crippen molar-refractivity contribution in [2.75, 3.05) is 0 Å². The Morgan fingerprint density at radius 1 is 1.43 bits per heavy atom. The van der Waals surface area contributed by atoms with Gasteiger partial charge in [-0.05, 0) is 24.4 Å². The molecular weight excluding hydrogens is 198 g/mol. The number of aromatic nitrogens is 1. The molecule has 0 aliphatic carbocycles. The van der Waals surface area contributed by atoms with E-state index >= 15 is 0 Å². The molecule has 0 saturated heterocycles. The Balaban J connectivity index is 2.28. The summed E-state index contributed by atoms with van der Waals surface area (Å²) in [5.74, 6) is 0.310. The molecule has 14 heavy (non-hydrogen) atoms. The summed E-state index contributed by atoms with van der Waals surface area (Å²) >= 11 is 4.95. The van der Waals surface area contributed by atoms with Gasteiger partial charge in [-0.15, -0.1) is 0 Å². The zero-order chi connectivity index (χ0) is 9.97. The second-order valence-corrected chi connectivity index (χ2v) is 3.18. The summed E-state index contributed by atoms with van der Waals surface area (Å²) in [5, 5.41) is 6.12. The molecule has 0 aromatic carbocycles. The van der Waals surface area contributed by atoms with Crippen molar-refractivity contribution in [1.29, 1.82) is 0 Å². The summed E-state index contributed by atoms with van der Waals surface area (Å²) in [6, 6.07) is 5.60. The number of rotatable bonds is 1. The lowest BCUT2D eigenvalue weighted by Gasteiger charge is -2.22. The summed E-state index contributed by atoms with van der Waals surface area (Å²) in [6.07, 6.45) is 1.42. The quantitative estimate of drug-likeness (QED) is 0.559. The molecule has 0 radical (unpaired) electrons. The first-order chi connectivity index (χ1) is 6.75. The Labute approximate surface area is 86.4 Å². The summed E-state index contributed by atoms with van der Waals surface area (Å²) in [5.41, 5.74) is 6.33. The maximum absolute atomic E-state index is 5.54. The van der Waals surface area contributed by atoms with Gasteiger partial charge < -0.3 is 16.4 Å². The smallest absolute Gasteiger partial charge is 0.197 e. The molecule has 72 valence electrons. The lowest BCUT2D eigenvalue weighted by molar-refractivity contribution is 0.640. The van der Waals surface area contributed by atoms with Gasteiger partial charge in [-0.1, -0.05) is 6.07 Å². The van der Waals surface area contributed by atoms with Crippen LogP contribution in [0.5, 0.6) is 0 Å². The second-order valence-electron chi connectivity index (χ2n) is 2.77. The van der Waals surface area contributed by atoms with Crippen LogP contribution in [0, 0.1) is 0 Å². The fourth-order valence-electron chi connectivity index (χ4n) is 1.16. The number of hydrogen-bond acceptors (Lipinski definition) is 4. The maximum atomic E-state index is 5.54. The van der Waals surface area contributed by atoms with Crippen LogP contribution >= 0.6 is 12.2 Å². The van der Waals surface area contributed by atoms with Crippen LogP contribution in [0.3, 0.4) is 0 Å². The van der Waals surface area contributed by atoms with Gasteiger partial charge in [0.15, 0.2) is 17.2 Å². The molecule has 0 amide bonds. The molecule has 0 saturated carbocycles. The molecule has 6 heteroatoms. The molecule has 5 nitrogen and oxygen atoms in total. The summed E-state index contributed by atoms with van der Waals surface area (Å²) in [6.45, 7) is 0. The fourth-order valence-corrected chi connectivity index (χ4v) is 1.37. The molecule has 1 atom stereocenters. The molecule has 2 rings (SSSR count). The van der Waals surface area contributed by atoms with Crippen LogP contribution < -0.4 is 16.4 Å². The van der Waals surface area contributed by atoms with Gasteiger partial charge in [0.05, 0.1) is 5.69 Å². The zero-order valence-electron chi connectivity index (χ0n) is 7.27. The van der Waals surface area contributed by atoms with Gasteiger partial charge in [-0.3, -0.25) is 4.98 Å². The predicted octanol–water partition coefficient (Wildman–Crippen LogP) is -0.127. The van der Waals surface area contributed by atoms with E-state index in [2.05, 4.69) is 20.6 Å². The number of hydrogen-bond donors (Lipinski definition) is 3. The molecule has 4 N–H and O–H groups in total. The van der Waals surface area contributed by atoms with E-state index < -0.39 is 0 Å². The van der Waals surface area contributed by atoms with Crippen molar-refractivity contribution >= 4 is 23.3 Å². The molecule has 0 fully saturated rings. The highest BCUT2D eigenvalue weighted by molar-refractivity contribution is 7.80. The average molecular weight is 207 g/mol. The van der Waals surface area contributed by atoms with Crippen molar-refractivity contribution in [2.24, 2.45) is 10.7 Å². The Kier molecular flexibility index (Phi) is 2.28. The minimum Gasteiger partial charge on any atom is -0.370 e. The molecular formula is C8H9N5S. The Hall–Kier alpha value is -1.69. The molecule has 0 spiro atoms. The Morgan fingerprint density at radius 3 is 2.93 bits per heavy atom. The number of nitrogens with zero attached hydrogens (tertiary/aromatic N) is 2. The monoisotopic (exact) mass is 207 g/mol. The van der Waals surface area contributed by atoms with Gasteiger partial charge in [-0.2, -0.15) is 0 Å². The van der Waals surface area contributed by atoms with E-state index in [0.717, 1.165) is 5.69 Å². The van der Waals surface area contributed by atoms with E-state index in [1.165, 1.54) is 0 Å². The van der Waals surface area contributed by atoms with Crippen molar-refractivity contribution in [3.8, 4) is 0 Å². The molecule has 1 aliphatic heterocycles. The third-order valence-electron chi connectivity index (χ3n) is 1.75. The van der Waals surface area contributed by atoms with Crippen LogP contribution in [0.15, 0.2) is 29.4 Å². The highest BCUT2D eigenvalue weighted by atomic mass is 32.1. The Morgan fingerprint density at radius 2 is 2.29 bits per heavy atom. The average Bonchev–Trinajstić information content (AvgIpc) is 2.18. The van der Waals surface area contributed by atoms with E-state index in [-0.39, 0.29) is 6.17 Å². The number of nitrogens with two attached hydrogens (primary N) is 1. The normalized spacial score (nSPS) is 20.7. The van der Waals surface area contributed by atoms with Crippen LogP contribution in [0.4, 0.5) is 0 Å². The van der Waals surface area contributed by atoms with Crippen LogP contribution in [0.2, 0.25) is 0 Å². The van der Waals surface area contributed by atoms with E-state index in [0.29, 0.717) is 11.1 Å². The minimum atomic E-state index is -0.287. The maximum Gasteiger partial charge on any atom is 0.197 e. The summed E-state index contributed by atoms with van der Waals surface area (Å²) in [7, 11) is 0. The molecule has 2 heterocycles. The van der Waals surface area contributed by atoms with Crippen molar-refractivity contribution in [3.05, 3.63) is 30.1 Å². The number of pyridine rings is 1. The van der Waals surface area contributed by atoms with Gasteiger partial charge in [0.2, 0.25) is 0 Å². The predicted molar refractivity (Wildman–Crippen MR) is 57.5 cm³/mol. The highest BCUT2D eigenvalue weighted by Crippen LogP contribution is 2.12. The zero-order valence-corrected chi connectivity index (χ0v) is 8.08. The third-order valence-corrected chi connectivity index (χ3v) is 1.97. The van der Waals surface area contributed by atoms with Gasteiger partial charge >= 0.3 is 0 Å². The van der Waals surface area contributed by atoms with E-state index in [1.807, 2.05) is 18.2 Å². The van der Waals surface area contributed by atoms with Gasteiger partial charge in [0.25, 0.3) is 0 Å². The summed E-state index contributed by atoms with van der Waals surface area (Å²) < 4.78 is 0. The highest BCUT2D eigenvalue weighted by Gasteiger charge is 2.17. The number of aliphatic imine (C=N–C) groups is 1. The van der Waals surface area contributed by atoms with Crippen LogP contribution in [0.1, 0.15) is 11.9 Å². The molecule has 0 unspecified atom stereocenters. The van der Waals surface area contributed by atoms with Crippen molar-refractivity contribution < 1.29 is 0 Å². The number of guanidine groups is 1. The molecule has 1 aromatic rings. The van der Waals surface area contributed by atoms with Gasteiger partial charge in [-0.25, -0.2) is 4.99 Å². The third kappa shape index (κ3) is 1.80. The minimum absolute atomic E-state index is 0.287. The first-order valence-electron chi connectivity index (χ1n) is 4.07. The number of thiocarbonyl (C=S) groups is 1. The largest absolute Gasteiger partial charge is 0.370 e. The van der Waals surface area contributed by atoms with Crippen molar-refractivity contribution in [2.45, 2.75) is 6.17 Å². The Bertz CT molecular complexity index is 375.